The highest BCUT2D eigenvalue weighted by atomic mass is 19.1. The third kappa shape index (κ3) is 3.30. The quantitative estimate of drug-likeness (QED) is 0.870. The van der Waals surface area contributed by atoms with Crippen molar-refractivity contribution in [2.45, 2.75) is 44.7 Å². The summed E-state index contributed by atoms with van der Waals surface area (Å²) in [6.07, 6.45) is 4.73. The molecule has 0 amide bonds. The molecule has 2 rings (SSSR count). The molecule has 1 fully saturated rings. The molecule has 1 heterocycles. The van der Waals surface area contributed by atoms with Crippen LogP contribution in [0.4, 0.5) is 4.39 Å². The van der Waals surface area contributed by atoms with Crippen LogP contribution in [0.3, 0.4) is 0 Å². The van der Waals surface area contributed by atoms with Gasteiger partial charge in [0.2, 0.25) is 0 Å². The molecule has 100 valence electrons. The highest BCUT2D eigenvalue weighted by Gasteiger charge is 2.22. The first-order valence-corrected chi connectivity index (χ1v) is 6.95. The van der Waals surface area contributed by atoms with Crippen LogP contribution in [0.5, 0.6) is 0 Å². The lowest BCUT2D eigenvalue weighted by Crippen LogP contribution is -2.31. The predicted octanol–water partition coefficient (Wildman–Crippen LogP) is 3.09. The van der Waals surface area contributed by atoms with Gasteiger partial charge in [-0.3, -0.25) is 0 Å². The maximum atomic E-state index is 13.1. The summed E-state index contributed by atoms with van der Waals surface area (Å²) >= 11 is 0. The number of benzene rings is 1. The summed E-state index contributed by atoms with van der Waals surface area (Å²) < 4.78 is 13.1. The van der Waals surface area contributed by atoms with E-state index in [1.807, 2.05) is 6.07 Å². The van der Waals surface area contributed by atoms with E-state index in [0.29, 0.717) is 0 Å². The fourth-order valence-electron chi connectivity index (χ4n) is 2.86. The Morgan fingerprint density at radius 3 is 3.06 bits per heavy atom. The van der Waals surface area contributed by atoms with Gasteiger partial charge in [-0.05, 0) is 49.9 Å². The fraction of sp³-hybridized carbons (Fsp3) is 0.600. The van der Waals surface area contributed by atoms with Gasteiger partial charge >= 0.3 is 0 Å². The van der Waals surface area contributed by atoms with Crippen LogP contribution >= 0.6 is 0 Å². The average molecular weight is 250 g/mol. The van der Waals surface area contributed by atoms with Gasteiger partial charge in [-0.2, -0.15) is 0 Å². The second kappa shape index (κ2) is 6.30. The van der Waals surface area contributed by atoms with Crippen LogP contribution in [0.25, 0.3) is 0 Å². The van der Waals surface area contributed by atoms with Gasteiger partial charge in [0.25, 0.3) is 0 Å². The Kier molecular flexibility index (Phi) is 4.72. The van der Waals surface area contributed by atoms with Crippen LogP contribution in [0.1, 0.15) is 44.2 Å². The van der Waals surface area contributed by atoms with E-state index in [9.17, 15) is 4.39 Å². The fourth-order valence-corrected chi connectivity index (χ4v) is 2.86. The summed E-state index contributed by atoms with van der Waals surface area (Å²) in [6, 6.07) is 7.32. The SMILES string of the molecule is CCC1CCCN1CCC(N)c1cccc(F)c1. The lowest BCUT2D eigenvalue weighted by molar-refractivity contribution is 0.239. The Morgan fingerprint density at radius 2 is 2.33 bits per heavy atom. The molecule has 1 saturated heterocycles. The monoisotopic (exact) mass is 250 g/mol. The topological polar surface area (TPSA) is 29.3 Å². The summed E-state index contributed by atoms with van der Waals surface area (Å²) in [5.41, 5.74) is 7.04. The number of halogens is 1. The zero-order chi connectivity index (χ0) is 13.0. The minimum Gasteiger partial charge on any atom is -0.324 e. The van der Waals surface area contributed by atoms with Gasteiger partial charge in [0.15, 0.2) is 0 Å². The number of nitrogens with zero attached hydrogens (tertiary/aromatic N) is 1. The average Bonchev–Trinajstić information content (AvgIpc) is 2.83. The molecule has 0 aliphatic carbocycles. The largest absolute Gasteiger partial charge is 0.324 e. The first kappa shape index (κ1) is 13.5. The normalized spacial score (nSPS) is 22.3. The van der Waals surface area contributed by atoms with Crippen molar-refractivity contribution < 1.29 is 4.39 Å². The minimum absolute atomic E-state index is 0.0567. The van der Waals surface area contributed by atoms with Crippen LogP contribution in [-0.2, 0) is 0 Å². The summed E-state index contributed by atoms with van der Waals surface area (Å²) in [5, 5.41) is 0. The van der Waals surface area contributed by atoms with E-state index < -0.39 is 0 Å². The highest BCUT2D eigenvalue weighted by Crippen LogP contribution is 2.22. The Bertz CT molecular complexity index is 381. The van der Waals surface area contributed by atoms with Gasteiger partial charge in [-0.15, -0.1) is 0 Å². The van der Waals surface area contributed by atoms with Crippen molar-refractivity contribution >= 4 is 0 Å². The molecule has 1 aromatic carbocycles. The molecule has 3 heteroatoms. The van der Waals surface area contributed by atoms with Crippen molar-refractivity contribution in [3.05, 3.63) is 35.6 Å². The second-order valence-electron chi connectivity index (χ2n) is 5.19. The molecule has 0 bridgehead atoms. The van der Waals surface area contributed by atoms with Gasteiger partial charge in [-0.1, -0.05) is 19.1 Å². The third-order valence-corrected chi connectivity index (χ3v) is 3.97. The van der Waals surface area contributed by atoms with Gasteiger partial charge in [0, 0.05) is 18.6 Å². The van der Waals surface area contributed by atoms with Crippen molar-refractivity contribution in [1.82, 2.24) is 4.90 Å². The van der Waals surface area contributed by atoms with Crippen LogP contribution in [0.2, 0.25) is 0 Å². The molecular weight excluding hydrogens is 227 g/mol. The maximum absolute atomic E-state index is 13.1. The Hall–Kier alpha value is -0.930. The predicted molar refractivity (Wildman–Crippen MR) is 72.8 cm³/mol. The summed E-state index contributed by atoms with van der Waals surface area (Å²) in [7, 11) is 0. The van der Waals surface area contributed by atoms with Gasteiger partial charge in [0.05, 0.1) is 0 Å². The molecule has 1 aliphatic rings. The van der Waals surface area contributed by atoms with E-state index >= 15 is 0 Å². The molecule has 2 unspecified atom stereocenters. The molecule has 0 spiro atoms. The summed E-state index contributed by atoms with van der Waals surface area (Å²) in [4.78, 5) is 2.53. The molecular formula is C15H23FN2. The zero-order valence-electron chi connectivity index (χ0n) is 11.1. The van der Waals surface area contributed by atoms with E-state index in [1.165, 1.54) is 31.9 Å². The van der Waals surface area contributed by atoms with Crippen molar-refractivity contribution in [1.29, 1.82) is 0 Å². The molecule has 2 atom stereocenters. The van der Waals surface area contributed by atoms with Crippen LogP contribution < -0.4 is 5.73 Å². The van der Waals surface area contributed by atoms with E-state index in [-0.39, 0.29) is 11.9 Å². The molecule has 1 aromatic rings. The van der Waals surface area contributed by atoms with Crippen molar-refractivity contribution in [3.8, 4) is 0 Å². The molecule has 18 heavy (non-hydrogen) atoms. The molecule has 0 saturated carbocycles. The molecule has 2 nitrogen and oxygen atoms in total. The Morgan fingerprint density at radius 1 is 1.50 bits per heavy atom. The number of nitrogens with two attached hydrogens (primary N) is 1. The van der Waals surface area contributed by atoms with Gasteiger partial charge in [0.1, 0.15) is 5.82 Å². The number of hydrogen-bond donors (Lipinski definition) is 1. The van der Waals surface area contributed by atoms with Gasteiger partial charge in [-0.25, -0.2) is 4.39 Å². The minimum atomic E-state index is -0.199. The third-order valence-electron chi connectivity index (χ3n) is 3.97. The van der Waals surface area contributed by atoms with Crippen LogP contribution in [-0.4, -0.2) is 24.0 Å². The van der Waals surface area contributed by atoms with Crippen molar-refractivity contribution in [3.63, 3.8) is 0 Å². The smallest absolute Gasteiger partial charge is 0.123 e. The first-order valence-electron chi connectivity index (χ1n) is 6.95. The molecule has 1 aliphatic heterocycles. The Labute approximate surface area is 109 Å². The zero-order valence-corrected chi connectivity index (χ0v) is 11.1. The first-order chi connectivity index (χ1) is 8.70. The van der Waals surface area contributed by atoms with Crippen molar-refractivity contribution in [2.24, 2.45) is 5.73 Å². The van der Waals surface area contributed by atoms with E-state index in [4.69, 9.17) is 5.73 Å². The lowest BCUT2D eigenvalue weighted by Gasteiger charge is -2.24. The standard InChI is InChI=1S/C15H23FN2/c1-2-14-7-4-9-18(14)10-8-15(17)12-5-3-6-13(16)11-12/h3,5-6,11,14-15H,2,4,7-10,17H2,1H3. The number of rotatable bonds is 5. The molecule has 0 aromatic heterocycles. The van der Waals surface area contributed by atoms with Crippen LogP contribution in [0, 0.1) is 5.82 Å². The maximum Gasteiger partial charge on any atom is 0.123 e. The Balaban J connectivity index is 1.86. The van der Waals surface area contributed by atoms with E-state index in [1.54, 1.807) is 12.1 Å². The molecule has 0 radical (unpaired) electrons. The number of hydrogen-bond acceptors (Lipinski definition) is 2. The highest BCUT2D eigenvalue weighted by molar-refractivity contribution is 5.19. The lowest BCUT2D eigenvalue weighted by atomic mass is 10.0. The van der Waals surface area contributed by atoms with Crippen molar-refractivity contribution in [2.75, 3.05) is 13.1 Å². The number of likely N-dealkylation sites (tertiary alicyclic amines) is 1. The second-order valence-corrected chi connectivity index (χ2v) is 5.19. The van der Waals surface area contributed by atoms with E-state index in [0.717, 1.165) is 24.6 Å². The van der Waals surface area contributed by atoms with E-state index in [2.05, 4.69) is 11.8 Å². The summed E-state index contributed by atoms with van der Waals surface area (Å²) in [6.45, 7) is 4.46. The van der Waals surface area contributed by atoms with Gasteiger partial charge < -0.3 is 10.6 Å². The van der Waals surface area contributed by atoms with Crippen LogP contribution in [0.15, 0.2) is 24.3 Å². The molecule has 2 N–H and O–H groups in total. The summed E-state index contributed by atoms with van der Waals surface area (Å²) in [5.74, 6) is -0.199.